The van der Waals surface area contributed by atoms with Gasteiger partial charge in [0.2, 0.25) is 0 Å². The fourth-order valence-electron chi connectivity index (χ4n) is 3.30. The third kappa shape index (κ3) is 2.46. The SMILES string of the molecule is CNc1c(C=O)c(=O)oc2cc(C3CCCCC3)ccc12. The first-order valence-electron chi connectivity index (χ1n) is 7.48. The number of aldehydes is 1. The molecular formula is C17H19NO3. The van der Waals surface area contributed by atoms with Gasteiger partial charge in [0.25, 0.3) is 0 Å². The van der Waals surface area contributed by atoms with Crippen LogP contribution in [0.1, 0.15) is 53.9 Å². The average Bonchev–Trinajstić information content (AvgIpc) is 2.53. The van der Waals surface area contributed by atoms with Gasteiger partial charge in [-0.25, -0.2) is 4.79 Å². The molecule has 110 valence electrons. The number of fused-ring (bicyclic) bond motifs is 1. The number of hydrogen-bond donors (Lipinski definition) is 1. The molecule has 0 amide bonds. The van der Waals surface area contributed by atoms with Gasteiger partial charge < -0.3 is 9.73 Å². The molecule has 3 rings (SSSR count). The van der Waals surface area contributed by atoms with Crippen molar-refractivity contribution in [2.24, 2.45) is 0 Å². The Morgan fingerprint density at radius 1 is 1.24 bits per heavy atom. The Morgan fingerprint density at radius 3 is 2.67 bits per heavy atom. The quantitative estimate of drug-likeness (QED) is 0.690. The topological polar surface area (TPSA) is 59.3 Å². The van der Waals surface area contributed by atoms with E-state index in [-0.39, 0.29) is 5.56 Å². The van der Waals surface area contributed by atoms with Crippen molar-refractivity contribution in [2.75, 3.05) is 12.4 Å². The van der Waals surface area contributed by atoms with Crippen LogP contribution in [0.2, 0.25) is 0 Å². The first-order chi connectivity index (χ1) is 10.2. The standard InChI is InChI=1S/C17H19NO3/c1-18-16-13-8-7-12(11-5-3-2-4-6-11)9-15(13)21-17(20)14(16)10-19/h7-11,18H,2-6H2,1H3. The van der Waals surface area contributed by atoms with Crippen LogP contribution in [0.25, 0.3) is 11.0 Å². The number of benzene rings is 1. The van der Waals surface area contributed by atoms with Crippen molar-refractivity contribution in [2.45, 2.75) is 38.0 Å². The molecule has 0 spiro atoms. The highest BCUT2D eigenvalue weighted by Gasteiger charge is 2.18. The molecule has 1 N–H and O–H groups in total. The molecule has 1 fully saturated rings. The number of nitrogens with one attached hydrogen (secondary N) is 1. The smallest absolute Gasteiger partial charge is 0.349 e. The maximum absolute atomic E-state index is 11.9. The molecule has 0 radical (unpaired) electrons. The molecule has 0 unspecified atom stereocenters. The van der Waals surface area contributed by atoms with Crippen LogP contribution in [-0.2, 0) is 0 Å². The zero-order valence-corrected chi connectivity index (χ0v) is 12.1. The fraction of sp³-hybridized carbons (Fsp3) is 0.412. The van der Waals surface area contributed by atoms with Crippen LogP contribution in [-0.4, -0.2) is 13.3 Å². The third-order valence-corrected chi connectivity index (χ3v) is 4.41. The predicted molar refractivity (Wildman–Crippen MR) is 83.2 cm³/mol. The summed E-state index contributed by atoms with van der Waals surface area (Å²) in [6, 6.07) is 6.00. The summed E-state index contributed by atoms with van der Waals surface area (Å²) in [5.74, 6) is 0.553. The lowest BCUT2D eigenvalue weighted by molar-refractivity contribution is 0.112. The Labute approximate surface area is 123 Å². The minimum absolute atomic E-state index is 0.0513. The Bertz CT molecular complexity index is 727. The van der Waals surface area contributed by atoms with Gasteiger partial charge in [0.15, 0.2) is 6.29 Å². The summed E-state index contributed by atoms with van der Waals surface area (Å²) in [5, 5.41) is 3.71. The van der Waals surface area contributed by atoms with Crippen molar-refractivity contribution < 1.29 is 9.21 Å². The van der Waals surface area contributed by atoms with E-state index < -0.39 is 5.63 Å². The maximum Gasteiger partial charge on any atom is 0.349 e. The van der Waals surface area contributed by atoms with Crippen LogP contribution in [0.3, 0.4) is 0 Å². The molecule has 2 aromatic rings. The van der Waals surface area contributed by atoms with Gasteiger partial charge in [0.1, 0.15) is 11.1 Å². The van der Waals surface area contributed by atoms with E-state index in [1.165, 1.54) is 37.7 Å². The molecule has 4 heteroatoms. The van der Waals surface area contributed by atoms with Crippen LogP contribution in [0.5, 0.6) is 0 Å². The minimum Gasteiger partial charge on any atom is -0.422 e. The van der Waals surface area contributed by atoms with Crippen LogP contribution in [0.4, 0.5) is 5.69 Å². The summed E-state index contributed by atoms with van der Waals surface area (Å²) in [7, 11) is 1.70. The van der Waals surface area contributed by atoms with E-state index in [4.69, 9.17) is 4.42 Å². The van der Waals surface area contributed by atoms with Gasteiger partial charge >= 0.3 is 5.63 Å². The first-order valence-corrected chi connectivity index (χ1v) is 7.48. The lowest BCUT2D eigenvalue weighted by Crippen LogP contribution is -2.11. The number of rotatable bonds is 3. The highest BCUT2D eigenvalue weighted by molar-refractivity contribution is 5.99. The van der Waals surface area contributed by atoms with Crippen molar-refractivity contribution in [3.63, 3.8) is 0 Å². The lowest BCUT2D eigenvalue weighted by atomic mass is 9.84. The van der Waals surface area contributed by atoms with Gasteiger partial charge in [-0.1, -0.05) is 25.3 Å². The number of anilines is 1. The van der Waals surface area contributed by atoms with Gasteiger partial charge in [-0.15, -0.1) is 0 Å². The van der Waals surface area contributed by atoms with E-state index in [0.717, 1.165) is 5.39 Å². The highest BCUT2D eigenvalue weighted by Crippen LogP contribution is 2.35. The first kappa shape index (κ1) is 13.9. The van der Waals surface area contributed by atoms with Crippen LogP contribution < -0.4 is 10.9 Å². The summed E-state index contributed by atoms with van der Waals surface area (Å²) in [5.41, 5.74) is 1.80. The molecule has 4 nitrogen and oxygen atoms in total. The largest absolute Gasteiger partial charge is 0.422 e. The summed E-state index contributed by atoms with van der Waals surface area (Å²) >= 11 is 0. The lowest BCUT2D eigenvalue weighted by Gasteiger charge is -2.22. The second-order valence-corrected chi connectivity index (χ2v) is 5.64. The van der Waals surface area contributed by atoms with Crippen molar-refractivity contribution in [3.8, 4) is 0 Å². The molecule has 1 aliphatic carbocycles. The molecule has 1 aromatic carbocycles. The second-order valence-electron chi connectivity index (χ2n) is 5.64. The molecule has 0 atom stereocenters. The maximum atomic E-state index is 11.9. The zero-order chi connectivity index (χ0) is 14.8. The van der Waals surface area contributed by atoms with Gasteiger partial charge in [0, 0.05) is 12.4 Å². The van der Waals surface area contributed by atoms with Crippen molar-refractivity contribution in [1.82, 2.24) is 0 Å². The average molecular weight is 285 g/mol. The third-order valence-electron chi connectivity index (χ3n) is 4.41. The van der Waals surface area contributed by atoms with E-state index in [1.807, 2.05) is 12.1 Å². The molecule has 1 saturated carbocycles. The van der Waals surface area contributed by atoms with Gasteiger partial charge in [-0.2, -0.15) is 0 Å². The Kier molecular flexibility index (Phi) is 3.78. The van der Waals surface area contributed by atoms with E-state index in [9.17, 15) is 9.59 Å². The van der Waals surface area contributed by atoms with Crippen LogP contribution in [0, 0.1) is 0 Å². The normalized spacial score (nSPS) is 16.0. The van der Waals surface area contributed by atoms with E-state index >= 15 is 0 Å². The van der Waals surface area contributed by atoms with Crippen molar-refractivity contribution in [1.29, 1.82) is 0 Å². The second kappa shape index (κ2) is 5.72. The van der Waals surface area contributed by atoms with Crippen molar-refractivity contribution in [3.05, 3.63) is 39.7 Å². The highest BCUT2D eigenvalue weighted by atomic mass is 16.4. The van der Waals surface area contributed by atoms with E-state index in [0.29, 0.717) is 23.5 Å². The summed E-state index contributed by atoms with van der Waals surface area (Å²) in [6.07, 6.45) is 6.77. The molecule has 1 heterocycles. The van der Waals surface area contributed by atoms with Gasteiger partial charge in [-0.3, -0.25) is 4.79 Å². The molecular weight excluding hydrogens is 266 g/mol. The summed E-state index contributed by atoms with van der Waals surface area (Å²) in [6.45, 7) is 0. The van der Waals surface area contributed by atoms with Gasteiger partial charge in [-0.05, 0) is 36.5 Å². The molecule has 0 aliphatic heterocycles. The number of hydrogen-bond acceptors (Lipinski definition) is 4. The van der Waals surface area contributed by atoms with E-state index in [2.05, 4.69) is 11.4 Å². The van der Waals surface area contributed by atoms with E-state index in [1.54, 1.807) is 7.05 Å². The Balaban J connectivity index is 2.14. The molecule has 1 aliphatic rings. The van der Waals surface area contributed by atoms with Crippen LogP contribution in [0.15, 0.2) is 27.4 Å². The predicted octanol–water partition coefficient (Wildman–Crippen LogP) is 3.69. The minimum atomic E-state index is -0.581. The van der Waals surface area contributed by atoms with Gasteiger partial charge in [0.05, 0.1) is 5.69 Å². The summed E-state index contributed by atoms with van der Waals surface area (Å²) in [4.78, 5) is 23.0. The number of carbonyl (C=O) groups excluding carboxylic acids is 1. The molecule has 0 bridgehead atoms. The molecule has 1 aromatic heterocycles. The van der Waals surface area contributed by atoms with Crippen molar-refractivity contribution >= 4 is 22.9 Å². The Hall–Kier alpha value is -2.10. The monoisotopic (exact) mass is 285 g/mol. The summed E-state index contributed by atoms with van der Waals surface area (Å²) < 4.78 is 5.33. The fourth-order valence-corrected chi connectivity index (χ4v) is 3.30. The number of carbonyl (C=O) groups is 1. The Morgan fingerprint density at radius 2 is 2.00 bits per heavy atom. The zero-order valence-electron chi connectivity index (χ0n) is 12.1. The molecule has 0 saturated heterocycles. The molecule has 21 heavy (non-hydrogen) atoms. The van der Waals surface area contributed by atoms with Crippen LogP contribution >= 0.6 is 0 Å².